The number of para-hydroxylation sites is 1. The molecule has 1 aliphatic rings. The van der Waals surface area contributed by atoms with Crippen LogP contribution in [0.5, 0.6) is 5.75 Å². The van der Waals surface area contributed by atoms with Gasteiger partial charge in [-0.2, -0.15) is 0 Å². The van der Waals surface area contributed by atoms with Gasteiger partial charge >= 0.3 is 0 Å². The number of pyridine rings is 1. The lowest BCUT2D eigenvalue weighted by atomic mass is 9.94. The standard InChI is InChI=1S/C29H29N3O3S/c1-35-22-10-8-20(9-11-22)27-19-25(24-6-2-3-7-26(24)31-27)29(34)32-16-13-21(14-17-32)28(33)30-15-12-23-5-4-18-36-23/h2-11,18-19,21H,12-17H2,1H3,(H,30,33). The monoisotopic (exact) mass is 499 g/mol. The first-order valence-electron chi connectivity index (χ1n) is 12.3. The first-order valence-corrected chi connectivity index (χ1v) is 13.1. The average molecular weight is 500 g/mol. The van der Waals surface area contributed by atoms with Crippen LogP contribution in [0.25, 0.3) is 22.2 Å². The minimum absolute atomic E-state index is 0.0140. The summed E-state index contributed by atoms with van der Waals surface area (Å²) in [5, 5.41) is 5.96. The Kier molecular flexibility index (Phi) is 7.28. The smallest absolute Gasteiger partial charge is 0.254 e. The van der Waals surface area contributed by atoms with E-state index in [4.69, 9.17) is 9.72 Å². The highest BCUT2D eigenvalue weighted by molar-refractivity contribution is 7.09. The zero-order valence-electron chi connectivity index (χ0n) is 20.3. The van der Waals surface area contributed by atoms with Crippen LogP contribution >= 0.6 is 11.3 Å². The molecular formula is C29H29N3O3S. The summed E-state index contributed by atoms with van der Waals surface area (Å²) in [6, 6.07) is 21.4. The molecule has 0 aliphatic carbocycles. The van der Waals surface area contributed by atoms with Gasteiger partial charge < -0.3 is 15.0 Å². The van der Waals surface area contributed by atoms with E-state index in [1.54, 1.807) is 18.4 Å². The molecule has 0 atom stereocenters. The van der Waals surface area contributed by atoms with Gasteiger partial charge in [0.05, 0.1) is 23.9 Å². The number of benzene rings is 2. The number of aromatic nitrogens is 1. The number of hydrogen-bond acceptors (Lipinski definition) is 5. The first kappa shape index (κ1) is 24.0. The van der Waals surface area contributed by atoms with Crippen LogP contribution in [0.1, 0.15) is 28.1 Å². The number of carbonyl (C=O) groups is 2. The SMILES string of the molecule is COc1ccc(-c2cc(C(=O)N3CCC(C(=O)NCCc4cccs4)CC3)c3ccccc3n2)cc1. The van der Waals surface area contributed by atoms with Gasteiger partial charge in [-0.05, 0) is 67.1 Å². The third kappa shape index (κ3) is 5.26. The van der Waals surface area contributed by atoms with E-state index in [1.165, 1.54) is 4.88 Å². The summed E-state index contributed by atoms with van der Waals surface area (Å²) in [4.78, 5) is 34.3. The number of fused-ring (bicyclic) bond motifs is 1. The van der Waals surface area contributed by atoms with Crippen LogP contribution in [-0.4, -0.2) is 48.4 Å². The van der Waals surface area contributed by atoms with Gasteiger partial charge in [-0.1, -0.05) is 24.3 Å². The van der Waals surface area contributed by atoms with E-state index in [9.17, 15) is 9.59 Å². The summed E-state index contributed by atoms with van der Waals surface area (Å²) in [5.41, 5.74) is 3.10. The Bertz CT molecular complexity index is 1340. The average Bonchev–Trinajstić information content (AvgIpc) is 3.46. The van der Waals surface area contributed by atoms with Gasteiger partial charge in [0.15, 0.2) is 0 Å². The van der Waals surface area contributed by atoms with Gasteiger partial charge in [-0.15, -0.1) is 11.3 Å². The lowest BCUT2D eigenvalue weighted by Gasteiger charge is -2.31. The van der Waals surface area contributed by atoms with Crippen molar-refractivity contribution in [1.82, 2.24) is 15.2 Å². The molecule has 1 aliphatic heterocycles. The zero-order valence-corrected chi connectivity index (χ0v) is 21.1. The molecule has 1 fully saturated rings. The Labute approximate surface area is 214 Å². The van der Waals surface area contributed by atoms with Gasteiger partial charge in [0.25, 0.3) is 5.91 Å². The molecule has 4 aromatic rings. The number of thiophene rings is 1. The van der Waals surface area contributed by atoms with Crippen molar-refractivity contribution in [1.29, 1.82) is 0 Å². The van der Waals surface area contributed by atoms with Crippen LogP contribution in [-0.2, 0) is 11.2 Å². The first-order chi connectivity index (χ1) is 17.6. The maximum atomic E-state index is 13.7. The van der Waals surface area contributed by atoms with Gasteiger partial charge in [-0.25, -0.2) is 4.98 Å². The number of rotatable bonds is 7. The van der Waals surface area contributed by atoms with Crippen molar-refractivity contribution in [3.8, 4) is 17.0 Å². The molecule has 5 rings (SSSR count). The third-order valence-electron chi connectivity index (χ3n) is 6.74. The molecule has 0 bridgehead atoms. The van der Waals surface area contributed by atoms with Crippen LogP contribution in [0.15, 0.2) is 72.1 Å². The fourth-order valence-corrected chi connectivity index (χ4v) is 5.39. The highest BCUT2D eigenvalue weighted by atomic mass is 32.1. The minimum Gasteiger partial charge on any atom is -0.497 e. The number of carbonyl (C=O) groups excluding carboxylic acids is 2. The van der Waals surface area contributed by atoms with Crippen molar-refractivity contribution < 1.29 is 14.3 Å². The van der Waals surface area contributed by atoms with Gasteiger partial charge in [0.2, 0.25) is 5.91 Å². The number of piperidine rings is 1. The van der Waals surface area contributed by atoms with Crippen molar-refractivity contribution in [2.45, 2.75) is 19.3 Å². The molecule has 1 saturated heterocycles. The quantitative estimate of drug-likeness (QED) is 0.380. The Morgan fingerprint density at radius 2 is 1.83 bits per heavy atom. The predicted octanol–water partition coefficient (Wildman–Crippen LogP) is 5.18. The number of nitrogens with one attached hydrogen (secondary N) is 1. The van der Waals surface area contributed by atoms with Crippen molar-refractivity contribution in [3.05, 3.63) is 82.6 Å². The van der Waals surface area contributed by atoms with E-state index in [1.807, 2.05) is 65.6 Å². The summed E-state index contributed by atoms with van der Waals surface area (Å²) >= 11 is 1.71. The van der Waals surface area contributed by atoms with Crippen LogP contribution in [0.4, 0.5) is 0 Å². The molecule has 2 aromatic carbocycles. The van der Waals surface area contributed by atoms with E-state index in [0.29, 0.717) is 38.0 Å². The number of nitrogens with zero attached hydrogens (tertiary/aromatic N) is 2. The normalized spacial score (nSPS) is 14.1. The summed E-state index contributed by atoms with van der Waals surface area (Å²) in [7, 11) is 1.64. The van der Waals surface area contributed by atoms with Crippen molar-refractivity contribution >= 4 is 34.1 Å². The Balaban J connectivity index is 1.28. The van der Waals surface area contributed by atoms with Crippen molar-refractivity contribution in [3.63, 3.8) is 0 Å². The predicted molar refractivity (Wildman–Crippen MR) is 143 cm³/mol. The van der Waals surface area contributed by atoms with E-state index in [2.05, 4.69) is 16.8 Å². The molecule has 36 heavy (non-hydrogen) atoms. The molecule has 0 radical (unpaired) electrons. The Morgan fingerprint density at radius 3 is 2.56 bits per heavy atom. The second kappa shape index (κ2) is 10.9. The number of hydrogen-bond donors (Lipinski definition) is 1. The zero-order chi connectivity index (χ0) is 24.9. The molecule has 3 heterocycles. The molecule has 7 heteroatoms. The van der Waals surface area contributed by atoms with E-state index >= 15 is 0 Å². The lowest BCUT2D eigenvalue weighted by Crippen LogP contribution is -2.43. The second-order valence-corrected chi connectivity index (χ2v) is 10.0. The van der Waals surface area contributed by atoms with Crippen LogP contribution in [0.3, 0.4) is 0 Å². The maximum absolute atomic E-state index is 13.7. The molecule has 2 aromatic heterocycles. The molecule has 0 spiro atoms. The fourth-order valence-electron chi connectivity index (χ4n) is 4.69. The maximum Gasteiger partial charge on any atom is 0.254 e. The summed E-state index contributed by atoms with van der Waals surface area (Å²) < 4.78 is 5.27. The number of methoxy groups -OCH3 is 1. The Morgan fingerprint density at radius 1 is 1.06 bits per heavy atom. The van der Waals surface area contributed by atoms with Crippen LogP contribution < -0.4 is 10.1 Å². The fraction of sp³-hybridized carbons (Fsp3) is 0.276. The largest absolute Gasteiger partial charge is 0.497 e. The van der Waals surface area contributed by atoms with Crippen LogP contribution in [0, 0.1) is 5.92 Å². The van der Waals surface area contributed by atoms with Crippen molar-refractivity contribution in [2.24, 2.45) is 5.92 Å². The molecule has 184 valence electrons. The summed E-state index contributed by atoms with van der Waals surface area (Å²) in [5.74, 6) is 0.797. The number of amides is 2. The molecule has 0 unspecified atom stereocenters. The highest BCUT2D eigenvalue weighted by Crippen LogP contribution is 2.28. The topological polar surface area (TPSA) is 71.5 Å². The van der Waals surface area contributed by atoms with Gasteiger partial charge in [0, 0.05) is 41.4 Å². The summed E-state index contributed by atoms with van der Waals surface area (Å²) in [6.45, 7) is 1.78. The lowest BCUT2D eigenvalue weighted by molar-refractivity contribution is -0.126. The molecular weight excluding hydrogens is 470 g/mol. The third-order valence-corrected chi connectivity index (χ3v) is 7.67. The summed E-state index contributed by atoms with van der Waals surface area (Å²) in [6.07, 6.45) is 2.20. The molecule has 2 amide bonds. The van der Waals surface area contributed by atoms with Gasteiger partial charge in [-0.3, -0.25) is 9.59 Å². The minimum atomic E-state index is -0.0542. The highest BCUT2D eigenvalue weighted by Gasteiger charge is 2.28. The molecule has 1 N–H and O–H groups in total. The van der Waals surface area contributed by atoms with E-state index < -0.39 is 0 Å². The Hall–Kier alpha value is -3.71. The van der Waals surface area contributed by atoms with E-state index in [0.717, 1.165) is 34.3 Å². The second-order valence-electron chi connectivity index (χ2n) is 8.99. The van der Waals surface area contributed by atoms with Gasteiger partial charge in [0.1, 0.15) is 5.75 Å². The molecule has 0 saturated carbocycles. The van der Waals surface area contributed by atoms with Crippen molar-refractivity contribution in [2.75, 3.05) is 26.7 Å². The number of ether oxygens (including phenoxy) is 1. The number of likely N-dealkylation sites (tertiary alicyclic amines) is 1. The molecule has 6 nitrogen and oxygen atoms in total. The van der Waals surface area contributed by atoms with Crippen LogP contribution in [0.2, 0.25) is 0 Å². The van der Waals surface area contributed by atoms with E-state index in [-0.39, 0.29) is 17.7 Å².